The van der Waals surface area contributed by atoms with E-state index in [2.05, 4.69) is 6.92 Å². The SMILES string of the molecule is CCC(C)(CN)C(C)(O)C(C)C. The van der Waals surface area contributed by atoms with Gasteiger partial charge < -0.3 is 10.8 Å². The van der Waals surface area contributed by atoms with Crippen molar-refractivity contribution in [1.29, 1.82) is 0 Å². The Balaban J connectivity index is 4.70. The molecule has 0 spiro atoms. The van der Waals surface area contributed by atoms with Gasteiger partial charge in [-0.3, -0.25) is 0 Å². The average molecular weight is 173 g/mol. The lowest BCUT2D eigenvalue weighted by molar-refractivity contribution is -0.0933. The minimum absolute atomic E-state index is 0.166. The Morgan fingerprint density at radius 2 is 1.75 bits per heavy atom. The third-order valence-electron chi connectivity index (χ3n) is 3.58. The summed E-state index contributed by atoms with van der Waals surface area (Å²) in [5.74, 6) is 0.242. The fourth-order valence-corrected chi connectivity index (χ4v) is 1.41. The van der Waals surface area contributed by atoms with Crippen LogP contribution in [0.3, 0.4) is 0 Å². The molecule has 0 aromatic carbocycles. The second-order valence-electron chi connectivity index (χ2n) is 4.42. The van der Waals surface area contributed by atoms with Crippen LogP contribution in [0, 0.1) is 11.3 Å². The maximum Gasteiger partial charge on any atom is 0.0707 e. The van der Waals surface area contributed by atoms with Crippen molar-refractivity contribution in [3.8, 4) is 0 Å². The molecule has 0 amide bonds. The molecule has 0 bridgehead atoms. The van der Waals surface area contributed by atoms with Crippen LogP contribution in [0.15, 0.2) is 0 Å². The lowest BCUT2D eigenvalue weighted by Gasteiger charge is -2.44. The Labute approximate surface area is 76.2 Å². The first-order valence-electron chi connectivity index (χ1n) is 4.74. The maximum atomic E-state index is 10.2. The molecule has 12 heavy (non-hydrogen) atoms. The topological polar surface area (TPSA) is 46.2 Å². The molecule has 0 aliphatic carbocycles. The highest BCUT2D eigenvalue weighted by atomic mass is 16.3. The summed E-state index contributed by atoms with van der Waals surface area (Å²) in [6.45, 7) is 10.6. The quantitative estimate of drug-likeness (QED) is 0.680. The molecule has 0 aromatic rings. The molecule has 2 unspecified atom stereocenters. The first-order valence-corrected chi connectivity index (χ1v) is 4.74. The zero-order valence-electron chi connectivity index (χ0n) is 9.02. The summed E-state index contributed by atoms with van der Waals surface area (Å²) in [5.41, 5.74) is 4.85. The monoisotopic (exact) mass is 173 g/mol. The largest absolute Gasteiger partial charge is 0.389 e. The Morgan fingerprint density at radius 1 is 1.33 bits per heavy atom. The van der Waals surface area contributed by atoms with E-state index in [4.69, 9.17) is 5.73 Å². The van der Waals surface area contributed by atoms with Gasteiger partial charge >= 0.3 is 0 Å². The number of hydrogen-bond donors (Lipinski definition) is 2. The molecule has 0 radical (unpaired) electrons. The second-order valence-corrected chi connectivity index (χ2v) is 4.42. The Morgan fingerprint density at radius 3 is 1.83 bits per heavy atom. The highest BCUT2D eigenvalue weighted by Crippen LogP contribution is 2.38. The van der Waals surface area contributed by atoms with E-state index in [1.807, 2.05) is 27.7 Å². The van der Waals surface area contributed by atoms with E-state index in [0.29, 0.717) is 6.54 Å². The number of rotatable bonds is 4. The molecule has 0 fully saturated rings. The van der Waals surface area contributed by atoms with Gasteiger partial charge in [-0.2, -0.15) is 0 Å². The molecular formula is C10H23NO. The molecule has 0 aliphatic rings. The zero-order chi connectivity index (χ0) is 9.99. The third-order valence-corrected chi connectivity index (χ3v) is 3.58. The van der Waals surface area contributed by atoms with E-state index in [0.717, 1.165) is 6.42 Å². The van der Waals surface area contributed by atoms with Crippen molar-refractivity contribution in [1.82, 2.24) is 0 Å². The lowest BCUT2D eigenvalue weighted by atomic mass is 9.67. The summed E-state index contributed by atoms with van der Waals surface area (Å²) in [5, 5.41) is 10.2. The average Bonchev–Trinajstić information content (AvgIpc) is 2.02. The summed E-state index contributed by atoms with van der Waals surface area (Å²) >= 11 is 0. The van der Waals surface area contributed by atoms with Gasteiger partial charge in [0.1, 0.15) is 0 Å². The van der Waals surface area contributed by atoms with Crippen LogP contribution in [-0.2, 0) is 0 Å². The van der Waals surface area contributed by atoms with Crippen LogP contribution in [0.1, 0.15) is 41.0 Å². The van der Waals surface area contributed by atoms with Gasteiger partial charge in [0.25, 0.3) is 0 Å². The molecular weight excluding hydrogens is 150 g/mol. The zero-order valence-corrected chi connectivity index (χ0v) is 9.02. The van der Waals surface area contributed by atoms with Crippen LogP contribution in [0.2, 0.25) is 0 Å². The van der Waals surface area contributed by atoms with E-state index in [1.165, 1.54) is 0 Å². The molecule has 0 aliphatic heterocycles. The van der Waals surface area contributed by atoms with Crippen molar-refractivity contribution in [3.05, 3.63) is 0 Å². The van der Waals surface area contributed by atoms with Gasteiger partial charge in [0.05, 0.1) is 5.60 Å². The Bertz CT molecular complexity index is 134. The summed E-state index contributed by atoms with van der Waals surface area (Å²) in [6, 6.07) is 0. The smallest absolute Gasteiger partial charge is 0.0707 e. The van der Waals surface area contributed by atoms with Crippen LogP contribution in [0.4, 0.5) is 0 Å². The van der Waals surface area contributed by atoms with Crippen LogP contribution in [-0.4, -0.2) is 17.3 Å². The van der Waals surface area contributed by atoms with E-state index in [9.17, 15) is 5.11 Å². The van der Waals surface area contributed by atoms with Crippen LogP contribution < -0.4 is 5.73 Å². The summed E-state index contributed by atoms with van der Waals surface area (Å²) in [6.07, 6.45) is 0.911. The number of nitrogens with two attached hydrogens (primary N) is 1. The molecule has 0 saturated carbocycles. The fraction of sp³-hybridized carbons (Fsp3) is 1.00. The Hall–Kier alpha value is -0.0800. The molecule has 74 valence electrons. The molecule has 0 rings (SSSR count). The first-order chi connectivity index (χ1) is 5.31. The van der Waals surface area contributed by atoms with Crippen molar-refractivity contribution in [2.75, 3.05) is 6.54 Å². The molecule has 0 aromatic heterocycles. The van der Waals surface area contributed by atoms with Gasteiger partial charge in [0.2, 0.25) is 0 Å². The lowest BCUT2D eigenvalue weighted by Crippen LogP contribution is -2.51. The third kappa shape index (κ3) is 1.80. The standard InChI is InChI=1S/C10H23NO/c1-6-9(4,7-11)10(5,12)8(2)3/h8,12H,6-7,11H2,1-5H3. The number of hydrogen-bond acceptors (Lipinski definition) is 2. The molecule has 2 atom stereocenters. The Kier molecular flexibility index (Phi) is 3.73. The molecule has 0 saturated heterocycles. The van der Waals surface area contributed by atoms with Crippen LogP contribution in [0.5, 0.6) is 0 Å². The minimum Gasteiger partial charge on any atom is -0.389 e. The fourth-order valence-electron chi connectivity index (χ4n) is 1.41. The molecule has 3 N–H and O–H groups in total. The van der Waals surface area contributed by atoms with Gasteiger partial charge in [0, 0.05) is 12.0 Å². The predicted octanol–water partition coefficient (Wildman–Crippen LogP) is 1.77. The van der Waals surface area contributed by atoms with Crippen molar-refractivity contribution in [3.63, 3.8) is 0 Å². The van der Waals surface area contributed by atoms with Gasteiger partial charge in [-0.15, -0.1) is 0 Å². The highest BCUT2D eigenvalue weighted by molar-refractivity contribution is 4.94. The summed E-state index contributed by atoms with van der Waals surface area (Å²) in [7, 11) is 0. The van der Waals surface area contributed by atoms with Crippen molar-refractivity contribution in [2.45, 2.75) is 46.6 Å². The van der Waals surface area contributed by atoms with Gasteiger partial charge in [-0.05, 0) is 19.3 Å². The van der Waals surface area contributed by atoms with E-state index in [-0.39, 0.29) is 11.3 Å². The van der Waals surface area contributed by atoms with E-state index in [1.54, 1.807) is 0 Å². The van der Waals surface area contributed by atoms with E-state index < -0.39 is 5.60 Å². The van der Waals surface area contributed by atoms with Gasteiger partial charge in [0.15, 0.2) is 0 Å². The van der Waals surface area contributed by atoms with Gasteiger partial charge in [-0.1, -0.05) is 27.7 Å². The molecule has 2 heteroatoms. The summed E-state index contributed by atoms with van der Waals surface area (Å²) < 4.78 is 0. The van der Waals surface area contributed by atoms with Crippen molar-refractivity contribution < 1.29 is 5.11 Å². The highest BCUT2D eigenvalue weighted by Gasteiger charge is 2.42. The maximum absolute atomic E-state index is 10.2. The number of aliphatic hydroxyl groups is 1. The van der Waals surface area contributed by atoms with E-state index >= 15 is 0 Å². The normalized spacial score (nSPS) is 22.0. The summed E-state index contributed by atoms with van der Waals surface area (Å²) in [4.78, 5) is 0. The first kappa shape index (κ1) is 11.9. The molecule has 2 nitrogen and oxygen atoms in total. The second kappa shape index (κ2) is 3.75. The van der Waals surface area contributed by atoms with Gasteiger partial charge in [-0.25, -0.2) is 0 Å². The van der Waals surface area contributed by atoms with Crippen molar-refractivity contribution >= 4 is 0 Å². The predicted molar refractivity (Wildman–Crippen MR) is 52.9 cm³/mol. The minimum atomic E-state index is -0.670. The van der Waals surface area contributed by atoms with Crippen molar-refractivity contribution in [2.24, 2.45) is 17.1 Å². The van der Waals surface area contributed by atoms with Crippen LogP contribution in [0.25, 0.3) is 0 Å². The van der Waals surface area contributed by atoms with Crippen LogP contribution >= 0.6 is 0 Å². The molecule has 0 heterocycles.